The minimum Gasteiger partial charge on any atom is -0.478 e. The second-order valence-corrected chi connectivity index (χ2v) is 3.87. The minimum absolute atomic E-state index is 0.185. The van der Waals surface area contributed by atoms with E-state index in [0.717, 1.165) is 6.08 Å². The van der Waals surface area contributed by atoms with Crippen LogP contribution in [0.3, 0.4) is 0 Å². The molecule has 0 saturated heterocycles. The van der Waals surface area contributed by atoms with Gasteiger partial charge < -0.3 is 14.6 Å². The molecule has 1 rings (SSSR count). The molecule has 1 aromatic rings. The van der Waals surface area contributed by atoms with Crippen molar-refractivity contribution in [3.8, 4) is 5.88 Å². The zero-order valence-electron chi connectivity index (χ0n) is 10.5. The molecule has 0 fully saturated rings. The first-order valence-corrected chi connectivity index (χ1v) is 5.69. The maximum absolute atomic E-state index is 10.3. The summed E-state index contributed by atoms with van der Waals surface area (Å²) < 4.78 is 10.7. The van der Waals surface area contributed by atoms with Crippen molar-refractivity contribution in [1.82, 2.24) is 4.98 Å². The van der Waals surface area contributed by atoms with Crippen molar-refractivity contribution in [3.05, 3.63) is 30.0 Å². The molecule has 0 aliphatic rings. The van der Waals surface area contributed by atoms with E-state index in [2.05, 4.69) is 4.98 Å². The van der Waals surface area contributed by atoms with Crippen molar-refractivity contribution in [2.24, 2.45) is 0 Å². The van der Waals surface area contributed by atoms with E-state index >= 15 is 0 Å². The Bertz CT molecular complexity index is 398. The van der Waals surface area contributed by atoms with Crippen LogP contribution in [0, 0.1) is 0 Å². The van der Waals surface area contributed by atoms with Crippen LogP contribution in [0.2, 0.25) is 0 Å². The largest absolute Gasteiger partial charge is 0.478 e. The fourth-order valence-corrected chi connectivity index (χ4v) is 1.17. The number of rotatable bonds is 7. The minimum atomic E-state index is -0.985. The van der Waals surface area contributed by atoms with E-state index in [9.17, 15) is 4.79 Å². The van der Waals surface area contributed by atoms with Gasteiger partial charge in [0.1, 0.15) is 6.61 Å². The third kappa shape index (κ3) is 6.00. The number of carboxylic acids is 1. The van der Waals surface area contributed by atoms with Crippen molar-refractivity contribution < 1.29 is 19.4 Å². The molecule has 0 spiro atoms. The smallest absolute Gasteiger partial charge is 0.328 e. The van der Waals surface area contributed by atoms with Crippen molar-refractivity contribution in [3.63, 3.8) is 0 Å². The van der Waals surface area contributed by atoms with Gasteiger partial charge in [0.25, 0.3) is 0 Å². The summed E-state index contributed by atoms with van der Waals surface area (Å²) in [5.74, 6) is -0.490. The van der Waals surface area contributed by atoms with Gasteiger partial charge in [-0.3, -0.25) is 0 Å². The lowest BCUT2D eigenvalue weighted by atomic mass is 10.2. The predicted molar refractivity (Wildman–Crippen MR) is 67.5 cm³/mol. The second-order valence-electron chi connectivity index (χ2n) is 3.87. The van der Waals surface area contributed by atoms with Gasteiger partial charge in [-0.1, -0.05) is 0 Å². The van der Waals surface area contributed by atoms with Gasteiger partial charge in [0.15, 0.2) is 0 Å². The highest BCUT2D eigenvalue weighted by Gasteiger charge is 1.97. The van der Waals surface area contributed by atoms with E-state index in [1.807, 2.05) is 13.8 Å². The van der Waals surface area contributed by atoms with E-state index in [1.165, 1.54) is 6.08 Å². The topological polar surface area (TPSA) is 68.7 Å². The number of ether oxygens (including phenoxy) is 2. The van der Waals surface area contributed by atoms with Crippen LogP contribution in [0.1, 0.15) is 19.4 Å². The lowest BCUT2D eigenvalue weighted by Crippen LogP contribution is -2.11. The summed E-state index contributed by atoms with van der Waals surface area (Å²) in [7, 11) is 0. The van der Waals surface area contributed by atoms with Crippen LogP contribution >= 0.6 is 0 Å². The number of aromatic nitrogens is 1. The standard InChI is InChI=1S/C13H17NO4/c1-10(2)17-7-8-18-12-5-3-11(9-14-12)4-6-13(15)16/h3-6,9-10H,7-8H2,1-2H3,(H,15,16)/b6-4+. The van der Waals surface area contributed by atoms with E-state index < -0.39 is 5.97 Å². The summed E-state index contributed by atoms with van der Waals surface area (Å²) >= 11 is 0. The zero-order valence-corrected chi connectivity index (χ0v) is 10.5. The Morgan fingerprint density at radius 3 is 2.78 bits per heavy atom. The number of hydrogen-bond donors (Lipinski definition) is 1. The molecule has 0 amide bonds. The van der Waals surface area contributed by atoms with Gasteiger partial charge in [-0.25, -0.2) is 9.78 Å². The SMILES string of the molecule is CC(C)OCCOc1ccc(/C=C/C(=O)O)cn1. The van der Waals surface area contributed by atoms with E-state index in [-0.39, 0.29) is 6.10 Å². The molecule has 0 aromatic carbocycles. The first-order chi connectivity index (χ1) is 8.58. The molecule has 1 N–H and O–H groups in total. The third-order valence-electron chi connectivity index (χ3n) is 1.96. The summed E-state index contributed by atoms with van der Waals surface area (Å²) in [6, 6.07) is 3.43. The first kappa shape index (κ1) is 14.2. The average Bonchev–Trinajstić information content (AvgIpc) is 2.33. The highest BCUT2D eigenvalue weighted by Crippen LogP contribution is 2.08. The predicted octanol–water partition coefficient (Wildman–Crippen LogP) is 1.98. The Hall–Kier alpha value is -1.88. The molecule has 0 unspecified atom stereocenters. The summed E-state index contributed by atoms with van der Waals surface area (Å²) in [6.07, 6.45) is 4.28. The molecule has 0 bridgehead atoms. The molecule has 5 heteroatoms. The molecule has 1 aromatic heterocycles. The van der Waals surface area contributed by atoms with Gasteiger partial charge in [0.05, 0.1) is 12.7 Å². The molecular formula is C13H17NO4. The molecule has 0 aliphatic heterocycles. The zero-order chi connectivity index (χ0) is 13.4. The van der Waals surface area contributed by atoms with Crippen LogP contribution in [0.25, 0.3) is 6.08 Å². The number of carboxylic acid groups (broad SMARTS) is 1. The summed E-state index contributed by atoms with van der Waals surface area (Å²) in [4.78, 5) is 14.4. The van der Waals surface area contributed by atoms with Crippen LogP contribution in [-0.4, -0.2) is 35.4 Å². The van der Waals surface area contributed by atoms with Gasteiger partial charge >= 0.3 is 5.97 Å². The summed E-state index contributed by atoms with van der Waals surface area (Å²) in [6.45, 7) is 4.87. The van der Waals surface area contributed by atoms with Crippen LogP contribution in [0.5, 0.6) is 5.88 Å². The number of aliphatic carboxylic acids is 1. The number of nitrogens with zero attached hydrogens (tertiary/aromatic N) is 1. The molecule has 1 heterocycles. The maximum atomic E-state index is 10.3. The summed E-state index contributed by atoms with van der Waals surface area (Å²) in [5, 5.41) is 8.47. The second kappa shape index (κ2) is 7.45. The fourth-order valence-electron chi connectivity index (χ4n) is 1.17. The molecular weight excluding hydrogens is 234 g/mol. The normalized spacial score (nSPS) is 11.1. The number of pyridine rings is 1. The first-order valence-electron chi connectivity index (χ1n) is 5.69. The van der Waals surface area contributed by atoms with Crippen LogP contribution in [0.15, 0.2) is 24.4 Å². The monoisotopic (exact) mass is 251 g/mol. The van der Waals surface area contributed by atoms with Crippen molar-refractivity contribution in [1.29, 1.82) is 0 Å². The van der Waals surface area contributed by atoms with Crippen LogP contribution in [0.4, 0.5) is 0 Å². The Morgan fingerprint density at radius 2 is 2.22 bits per heavy atom. The van der Waals surface area contributed by atoms with E-state index in [0.29, 0.717) is 24.7 Å². The molecule has 18 heavy (non-hydrogen) atoms. The van der Waals surface area contributed by atoms with Crippen LogP contribution in [-0.2, 0) is 9.53 Å². The van der Waals surface area contributed by atoms with Crippen molar-refractivity contribution in [2.45, 2.75) is 20.0 Å². The number of hydrogen-bond acceptors (Lipinski definition) is 4. The Kier molecular flexibility index (Phi) is 5.87. The quantitative estimate of drug-likeness (QED) is 0.592. The van der Waals surface area contributed by atoms with Gasteiger partial charge in [0.2, 0.25) is 5.88 Å². The lowest BCUT2D eigenvalue weighted by molar-refractivity contribution is -0.131. The van der Waals surface area contributed by atoms with Crippen molar-refractivity contribution in [2.75, 3.05) is 13.2 Å². The maximum Gasteiger partial charge on any atom is 0.328 e. The Morgan fingerprint density at radius 1 is 1.44 bits per heavy atom. The average molecular weight is 251 g/mol. The number of carbonyl (C=O) groups is 1. The highest BCUT2D eigenvalue weighted by atomic mass is 16.5. The highest BCUT2D eigenvalue weighted by molar-refractivity contribution is 5.85. The molecule has 5 nitrogen and oxygen atoms in total. The van der Waals surface area contributed by atoms with Gasteiger partial charge in [-0.05, 0) is 31.6 Å². The van der Waals surface area contributed by atoms with Crippen LogP contribution < -0.4 is 4.74 Å². The fraction of sp³-hybridized carbons (Fsp3) is 0.385. The van der Waals surface area contributed by atoms with Gasteiger partial charge in [-0.15, -0.1) is 0 Å². The van der Waals surface area contributed by atoms with Gasteiger partial charge in [-0.2, -0.15) is 0 Å². The van der Waals surface area contributed by atoms with E-state index in [4.69, 9.17) is 14.6 Å². The molecule has 0 radical (unpaired) electrons. The van der Waals surface area contributed by atoms with Gasteiger partial charge in [0, 0.05) is 18.3 Å². The third-order valence-corrected chi connectivity index (χ3v) is 1.96. The lowest BCUT2D eigenvalue weighted by Gasteiger charge is -2.08. The van der Waals surface area contributed by atoms with E-state index in [1.54, 1.807) is 18.3 Å². The molecule has 0 saturated carbocycles. The Balaban J connectivity index is 2.38. The summed E-state index contributed by atoms with van der Waals surface area (Å²) in [5.41, 5.74) is 0.711. The molecule has 0 atom stereocenters. The molecule has 98 valence electrons. The Labute approximate surface area is 106 Å². The van der Waals surface area contributed by atoms with Crippen molar-refractivity contribution >= 4 is 12.0 Å². The molecule has 0 aliphatic carbocycles.